The summed E-state index contributed by atoms with van der Waals surface area (Å²) in [5.41, 5.74) is -0.781. The molecule has 5 nitrogen and oxygen atoms in total. The molecule has 0 radical (unpaired) electrons. The molecule has 0 saturated heterocycles. The van der Waals surface area contributed by atoms with E-state index in [0.717, 1.165) is 4.88 Å². The van der Waals surface area contributed by atoms with Crippen LogP contribution in [0.15, 0.2) is 66.7 Å². The molecule has 0 saturated carbocycles. The molecule has 2 heterocycles. The largest absolute Gasteiger partial charge is 0.492 e. The van der Waals surface area contributed by atoms with Gasteiger partial charge in [0.05, 0.1) is 23.5 Å². The lowest BCUT2D eigenvalue weighted by molar-refractivity contribution is -0.135. The Morgan fingerprint density at radius 3 is 2.52 bits per heavy atom. The SMILES string of the molecule is Cc1ccc(C(=O)CC2(O)C(=O)N(CCOc3ccccc3)c3ccccc32)s1. The maximum atomic E-state index is 13.2. The average molecular weight is 407 g/mol. The minimum absolute atomic E-state index is 0.240. The van der Waals surface area contributed by atoms with Crippen LogP contribution in [0.5, 0.6) is 5.75 Å². The number of para-hydroxylation sites is 2. The molecular formula is C23H21NO4S. The van der Waals surface area contributed by atoms with Gasteiger partial charge in [-0.05, 0) is 37.3 Å². The summed E-state index contributed by atoms with van der Waals surface area (Å²) < 4.78 is 5.71. The fourth-order valence-electron chi connectivity index (χ4n) is 3.57. The van der Waals surface area contributed by atoms with Gasteiger partial charge in [-0.2, -0.15) is 0 Å². The fourth-order valence-corrected chi connectivity index (χ4v) is 4.38. The summed E-state index contributed by atoms with van der Waals surface area (Å²) in [4.78, 5) is 29.0. The second kappa shape index (κ2) is 7.81. The molecule has 6 heteroatoms. The number of hydrogen-bond acceptors (Lipinski definition) is 5. The van der Waals surface area contributed by atoms with E-state index >= 15 is 0 Å². The van der Waals surface area contributed by atoms with Gasteiger partial charge < -0.3 is 14.7 Å². The number of aliphatic hydroxyl groups is 1. The van der Waals surface area contributed by atoms with Gasteiger partial charge in [0.2, 0.25) is 0 Å². The number of rotatable bonds is 7. The monoisotopic (exact) mass is 407 g/mol. The summed E-state index contributed by atoms with van der Waals surface area (Å²) in [6.07, 6.45) is -0.279. The van der Waals surface area contributed by atoms with E-state index in [1.807, 2.05) is 49.4 Å². The fraction of sp³-hybridized carbons (Fsp3) is 0.217. The molecule has 3 aromatic rings. The topological polar surface area (TPSA) is 66.8 Å². The number of ketones is 1. The highest BCUT2D eigenvalue weighted by molar-refractivity contribution is 7.14. The lowest BCUT2D eigenvalue weighted by Crippen LogP contribution is -2.43. The van der Waals surface area contributed by atoms with Crippen molar-refractivity contribution < 1.29 is 19.4 Å². The second-order valence-corrected chi connectivity index (χ2v) is 8.29. The maximum Gasteiger partial charge on any atom is 0.264 e. The van der Waals surface area contributed by atoms with Crippen molar-refractivity contribution >= 4 is 28.7 Å². The first-order valence-corrected chi connectivity index (χ1v) is 10.2. The molecule has 1 amide bonds. The van der Waals surface area contributed by atoms with E-state index in [9.17, 15) is 14.7 Å². The molecule has 1 aliphatic heterocycles. The van der Waals surface area contributed by atoms with Gasteiger partial charge in [-0.3, -0.25) is 9.59 Å². The summed E-state index contributed by atoms with van der Waals surface area (Å²) in [5.74, 6) is -0.0148. The van der Waals surface area contributed by atoms with E-state index in [0.29, 0.717) is 21.9 Å². The third-order valence-corrected chi connectivity index (χ3v) is 6.04. The number of thiophene rings is 1. The lowest BCUT2D eigenvalue weighted by atomic mass is 9.89. The number of carbonyl (C=O) groups is 2. The van der Waals surface area contributed by atoms with E-state index < -0.39 is 11.5 Å². The molecule has 1 atom stereocenters. The zero-order valence-electron chi connectivity index (χ0n) is 16.0. The first-order chi connectivity index (χ1) is 14.0. The molecule has 1 aliphatic rings. The van der Waals surface area contributed by atoms with Crippen LogP contribution in [-0.2, 0) is 10.4 Å². The summed E-state index contributed by atoms with van der Waals surface area (Å²) in [6.45, 7) is 2.47. The smallest absolute Gasteiger partial charge is 0.264 e. The van der Waals surface area contributed by atoms with Crippen molar-refractivity contribution in [2.75, 3.05) is 18.1 Å². The van der Waals surface area contributed by atoms with Crippen molar-refractivity contribution in [2.24, 2.45) is 0 Å². The predicted molar refractivity (Wildman–Crippen MR) is 113 cm³/mol. The van der Waals surface area contributed by atoms with Crippen LogP contribution in [0.3, 0.4) is 0 Å². The van der Waals surface area contributed by atoms with Crippen molar-refractivity contribution in [3.8, 4) is 5.75 Å². The number of nitrogens with zero attached hydrogens (tertiary/aromatic N) is 1. The molecule has 148 valence electrons. The summed E-state index contributed by atoms with van der Waals surface area (Å²) >= 11 is 1.37. The Morgan fingerprint density at radius 2 is 1.79 bits per heavy atom. The van der Waals surface area contributed by atoms with Crippen LogP contribution in [-0.4, -0.2) is 29.9 Å². The number of ether oxygens (including phenoxy) is 1. The lowest BCUT2D eigenvalue weighted by Gasteiger charge is -2.22. The van der Waals surface area contributed by atoms with E-state index in [-0.39, 0.29) is 25.4 Å². The van der Waals surface area contributed by atoms with E-state index in [1.54, 1.807) is 24.3 Å². The van der Waals surface area contributed by atoms with Crippen LogP contribution in [0.2, 0.25) is 0 Å². The van der Waals surface area contributed by atoms with Gasteiger partial charge in [0.1, 0.15) is 12.4 Å². The molecule has 2 aromatic carbocycles. The molecule has 0 aliphatic carbocycles. The summed E-state index contributed by atoms with van der Waals surface area (Å²) in [6, 6.07) is 20.0. The first kappa shape index (κ1) is 19.4. The van der Waals surface area contributed by atoms with Gasteiger partial charge in [0.15, 0.2) is 11.4 Å². The van der Waals surface area contributed by atoms with Gasteiger partial charge in [0.25, 0.3) is 5.91 Å². The first-order valence-electron chi connectivity index (χ1n) is 9.40. The number of fused-ring (bicyclic) bond motifs is 1. The zero-order valence-corrected chi connectivity index (χ0v) is 16.8. The number of amides is 1. The van der Waals surface area contributed by atoms with E-state index in [4.69, 9.17) is 4.74 Å². The van der Waals surface area contributed by atoms with Crippen LogP contribution in [0, 0.1) is 6.92 Å². The van der Waals surface area contributed by atoms with Crippen molar-refractivity contribution in [3.05, 3.63) is 82.0 Å². The molecule has 1 aromatic heterocycles. The van der Waals surface area contributed by atoms with Crippen molar-refractivity contribution in [3.63, 3.8) is 0 Å². The number of hydrogen-bond donors (Lipinski definition) is 1. The number of aryl methyl sites for hydroxylation is 1. The van der Waals surface area contributed by atoms with E-state index in [2.05, 4.69) is 0 Å². The molecule has 0 spiro atoms. The molecule has 29 heavy (non-hydrogen) atoms. The summed E-state index contributed by atoms with van der Waals surface area (Å²) in [7, 11) is 0. The maximum absolute atomic E-state index is 13.2. The van der Waals surface area contributed by atoms with Gasteiger partial charge in [-0.15, -0.1) is 11.3 Å². The van der Waals surface area contributed by atoms with Gasteiger partial charge >= 0.3 is 0 Å². The Hall–Kier alpha value is -2.96. The molecule has 1 N–H and O–H groups in total. The molecule has 0 bridgehead atoms. The molecule has 0 fully saturated rings. The highest BCUT2D eigenvalue weighted by atomic mass is 32.1. The van der Waals surface area contributed by atoms with Crippen LogP contribution < -0.4 is 9.64 Å². The van der Waals surface area contributed by atoms with Crippen LogP contribution in [0.4, 0.5) is 5.69 Å². The highest BCUT2D eigenvalue weighted by Gasteiger charge is 2.50. The Balaban J connectivity index is 1.54. The van der Waals surface area contributed by atoms with Crippen molar-refractivity contribution in [1.82, 2.24) is 0 Å². The van der Waals surface area contributed by atoms with Crippen LogP contribution in [0.1, 0.15) is 26.5 Å². The Kier molecular flexibility index (Phi) is 5.22. The Bertz CT molecular complexity index is 1050. The average Bonchev–Trinajstić information content (AvgIpc) is 3.25. The predicted octanol–water partition coefficient (Wildman–Crippen LogP) is 3.94. The number of benzene rings is 2. The molecular weight excluding hydrogens is 386 g/mol. The number of anilines is 1. The number of Topliss-reactive ketones (excluding diaryl/α,β-unsaturated/α-hetero) is 1. The number of carbonyl (C=O) groups excluding carboxylic acids is 2. The highest BCUT2D eigenvalue weighted by Crippen LogP contribution is 2.43. The molecule has 1 unspecified atom stereocenters. The summed E-state index contributed by atoms with van der Waals surface area (Å²) in [5, 5.41) is 11.3. The minimum atomic E-state index is -1.86. The van der Waals surface area contributed by atoms with Crippen molar-refractivity contribution in [2.45, 2.75) is 18.9 Å². The second-order valence-electron chi connectivity index (χ2n) is 7.01. The third-order valence-electron chi connectivity index (χ3n) is 5.00. The molecule has 4 rings (SSSR count). The Morgan fingerprint density at radius 1 is 1.07 bits per heavy atom. The quantitative estimate of drug-likeness (QED) is 0.603. The van der Waals surface area contributed by atoms with E-state index in [1.165, 1.54) is 16.2 Å². The van der Waals surface area contributed by atoms with Gasteiger partial charge in [-0.25, -0.2) is 0 Å². The normalized spacial score (nSPS) is 18.0. The van der Waals surface area contributed by atoms with Gasteiger partial charge in [-0.1, -0.05) is 36.4 Å². The van der Waals surface area contributed by atoms with Crippen molar-refractivity contribution in [1.29, 1.82) is 0 Å². The van der Waals surface area contributed by atoms with Crippen LogP contribution >= 0.6 is 11.3 Å². The standard InChI is InChI=1S/C23H21NO4S/c1-16-11-12-21(29-16)20(25)15-23(27)18-9-5-6-10-19(18)24(22(23)26)13-14-28-17-7-3-2-4-8-17/h2-12,27H,13-15H2,1H3. The Labute approximate surface area is 173 Å². The van der Waals surface area contributed by atoms with Gasteiger partial charge in [0, 0.05) is 10.4 Å². The zero-order chi connectivity index (χ0) is 20.4. The third kappa shape index (κ3) is 3.69. The minimum Gasteiger partial charge on any atom is -0.492 e. The van der Waals surface area contributed by atoms with Crippen LogP contribution in [0.25, 0.3) is 0 Å².